The number of rotatable bonds is 5. The van der Waals surface area contributed by atoms with Crippen molar-refractivity contribution in [2.45, 2.75) is 20.0 Å². The molecule has 0 aromatic heterocycles. The highest BCUT2D eigenvalue weighted by Gasteiger charge is 2.17. The third kappa shape index (κ3) is 5.93. The minimum atomic E-state index is -0.981. The van der Waals surface area contributed by atoms with E-state index in [9.17, 15) is 9.59 Å². The number of aryl methyl sites for hydroxylation is 1. The van der Waals surface area contributed by atoms with Crippen LogP contribution in [0.2, 0.25) is 10.0 Å². The molecule has 2 aromatic rings. The number of carbonyl (C=O) groups excluding carboxylic acids is 2. The van der Waals surface area contributed by atoms with E-state index in [0.29, 0.717) is 15.7 Å². The molecule has 0 fully saturated rings. The summed E-state index contributed by atoms with van der Waals surface area (Å²) in [5, 5.41) is 3.36. The highest BCUT2D eigenvalue weighted by Crippen LogP contribution is 2.25. The van der Waals surface area contributed by atoms with Gasteiger partial charge in [0.05, 0.1) is 10.7 Å². The molecule has 1 atom stereocenters. The number of ether oxygens (including phenoxy) is 1. The molecule has 1 N–H and O–H groups in total. The summed E-state index contributed by atoms with van der Waals surface area (Å²) in [6, 6.07) is 12.4. The smallest absolute Gasteiger partial charge is 0.331 e. The highest BCUT2D eigenvalue weighted by molar-refractivity contribution is 6.35. The van der Waals surface area contributed by atoms with Crippen molar-refractivity contribution in [3.8, 4) is 0 Å². The minimum absolute atomic E-state index is 0.343. The lowest BCUT2D eigenvalue weighted by molar-refractivity contribution is -0.148. The third-order valence-corrected chi connectivity index (χ3v) is 3.90. The average Bonchev–Trinajstić information content (AvgIpc) is 2.57. The SMILES string of the molecule is Cc1ccc(/C=C/C(=O)O[C@@H](C)C(=O)Nc2cc(Cl)ccc2Cl)cc1. The van der Waals surface area contributed by atoms with E-state index < -0.39 is 18.0 Å². The first-order chi connectivity index (χ1) is 11.8. The van der Waals surface area contributed by atoms with Crippen LogP contribution < -0.4 is 5.32 Å². The second kappa shape index (κ2) is 8.70. The predicted octanol–water partition coefficient (Wildman–Crippen LogP) is 4.89. The maximum Gasteiger partial charge on any atom is 0.331 e. The van der Waals surface area contributed by atoms with Gasteiger partial charge in [-0.05, 0) is 43.7 Å². The summed E-state index contributed by atoms with van der Waals surface area (Å²) >= 11 is 11.9. The van der Waals surface area contributed by atoms with Crippen LogP contribution in [0, 0.1) is 6.92 Å². The molecule has 1 amide bonds. The van der Waals surface area contributed by atoms with Gasteiger partial charge in [0, 0.05) is 11.1 Å². The summed E-state index contributed by atoms with van der Waals surface area (Å²) in [7, 11) is 0. The highest BCUT2D eigenvalue weighted by atomic mass is 35.5. The Morgan fingerprint density at radius 2 is 1.80 bits per heavy atom. The maximum atomic E-state index is 12.1. The van der Waals surface area contributed by atoms with Crippen molar-refractivity contribution in [1.82, 2.24) is 0 Å². The van der Waals surface area contributed by atoms with E-state index >= 15 is 0 Å². The van der Waals surface area contributed by atoms with Crippen molar-refractivity contribution < 1.29 is 14.3 Å². The predicted molar refractivity (Wildman–Crippen MR) is 101 cm³/mol. The molecule has 130 valence electrons. The van der Waals surface area contributed by atoms with Gasteiger partial charge >= 0.3 is 5.97 Å². The van der Waals surface area contributed by atoms with E-state index in [1.54, 1.807) is 18.2 Å². The summed E-state index contributed by atoms with van der Waals surface area (Å²) in [6.07, 6.45) is 1.92. The Morgan fingerprint density at radius 3 is 2.48 bits per heavy atom. The Morgan fingerprint density at radius 1 is 1.12 bits per heavy atom. The average molecular weight is 378 g/mol. The van der Waals surface area contributed by atoms with Gasteiger partial charge in [0.15, 0.2) is 6.10 Å². The zero-order valence-corrected chi connectivity index (χ0v) is 15.3. The molecule has 25 heavy (non-hydrogen) atoms. The normalized spacial score (nSPS) is 12.0. The Bertz CT molecular complexity index is 801. The molecule has 0 saturated heterocycles. The van der Waals surface area contributed by atoms with Crippen LogP contribution in [-0.2, 0) is 14.3 Å². The standard InChI is InChI=1S/C19H17Cl2NO3/c1-12-3-5-14(6-4-12)7-10-18(23)25-13(2)19(24)22-17-11-15(20)8-9-16(17)21/h3-11,13H,1-2H3,(H,22,24)/b10-7+/t13-/m0/s1. The minimum Gasteiger partial charge on any atom is -0.449 e. The van der Waals surface area contributed by atoms with E-state index in [0.717, 1.165) is 11.1 Å². The number of anilines is 1. The fourth-order valence-electron chi connectivity index (χ4n) is 1.94. The van der Waals surface area contributed by atoms with Gasteiger partial charge in [-0.25, -0.2) is 4.79 Å². The zero-order valence-electron chi connectivity index (χ0n) is 13.8. The molecule has 0 unspecified atom stereocenters. The summed E-state index contributed by atoms with van der Waals surface area (Å²) < 4.78 is 5.09. The lowest BCUT2D eigenvalue weighted by atomic mass is 10.1. The van der Waals surface area contributed by atoms with Crippen molar-refractivity contribution in [3.05, 3.63) is 69.7 Å². The van der Waals surface area contributed by atoms with Crippen molar-refractivity contribution in [3.63, 3.8) is 0 Å². The summed E-state index contributed by atoms with van der Waals surface area (Å²) in [4.78, 5) is 23.9. The first-order valence-corrected chi connectivity index (χ1v) is 8.32. The van der Waals surface area contributed by atoms with Gasteiger partial charge in [0.25, 0.3) is 5.91 Å². The van der Waals surface area contributed by atoms with E-state index in [1.807, 2.05) is 31.2 Å². The lowest BCUT2D eigenvalue weighted by Gasteiger charge is -2.13. The van der Waals surface area contributed by atoms with Crippen LogP contribution in [0.25, 0.3) is 6.08 Å². The Labute approximate surface area is 156 Å². The summed E-state index contributed by atoms with van der Waals surface area (Å²) in [5.74, 6) is -1.11. The molecule has 0 saturated carbocycles. The second-order valence-electron chi connectivity index (χ2n) is 5.44. The van der Waals surface area contributed by atoms with Crippen LogP contribution in [0.4, 0.5) is 5.69 Å². The van der Waals surface area contributed by atoms with Gasteiger partial charge in [0.1, 0.15) is 0 Å². The maximum absolute atomic E-state index is 12.1. The summed E-state index contributed by atoms with van der Waals surface area (Å²) in [5.41, 5.74) is 2.35. The van der Waals surface area contributed by atoms with Crippen molar-refractivity contribution in [2.24, 2.45) is 0 Å². The van der Waals surface area contributed by atoms with Crippen molar-refractivity contribution in [2.75, 3.05) is 5.32 Å². The topological polar surface area (TPSA) is 55.4 Å². The first-order valence-electron chi connectivity index (χ1n) is 7.56. The van der Waals surface area contributed by atoms with Gasteiger partial charge in [-0.1, -0.05) is 53.0 Å². The number of halogens is 2. The number of hydrogen-bond donors (Lipinski definition) is 1. The fraction of sp³-hybridized carbons (Fsp3) is 0.158. The molecule has 0 bridgehead atoms. The van der Waals surface area contributed by atoms with Crippen LogP contribution in [0.5, 0.6) is 0 Å². The van der Waals surface area contributed by atoms with Crippen LogP contribution in [0.15, 0.2) is 48.5 Å². The number of hydrogen-bond acceptors (Lipinski definition) is 3. The second-order valence-corrected chi connectivity index (χ2v) is 6.28. The van der Waals surface area contributed by atoms with Gasteiger partial charge in [0.2, 0.25) is 0 Å². The fourth-order valence-corrected chi connectivity index (χ4v) is 2.27. The van der Waals surface area contributed by atoms with Crippen LogP contribution in [-0.4, -0.2) is 18.0 Å². The molecule has 2 aromatic carbocycles. The number of benzene rings is 2. The van der Waals surface area contributed by atoms with Gasteiger partial charge in [-0.15, -0.1) is 0 Å². The summed E-state index contributed by atoms with van der Waals surface area (Å²) in [6.45, 7) is 3.46. The number of amides is 1. The Hall–Kier alpha value is -2.30. The molecule has 0 radical (unpaired) electrons. The van der Waals surface area contributed by atoms with E-state index in [-0.39, 0.29) is 0 Å². The van der Waals surface area contributed by atoms with Gasteiger partial charge in [-0.3, -0.25) is 4.79 Å². The van der Waals surface area contributed by atoms with Crippen LogP contribution in [0.3, 0.4) is 0 Å². The largest absolute Gasteiger partial charge is 0.449 e. The number of carbonyl (C=O) groups is 2. The molecule has 0 aliphatic carbocycles. The molecular formula is C19H17Cl2NO3. The zero-order chi connectivity index (χ0) is 18.4. The molecule has 2 rings (SSSR count). The van der Waals surface area contributed by atoms with Gasteiger partial charge in [-0.2, -0.15) is 0 Å². The molecule has 0 aliphatic heterocycles. The Balaban J connectivity index is 1.92. The monoisotopic (exact) mass is 377 g/mol. The van der Waals surface area contributed by atoms with E-state index in [4.69, 9.17) is 27.9 Å². The molecule has 6 heteroatoms. The molecule has 4 nitrogen and oxygen atoms in total. The molecule has 0 spiro atoms. The molecule has 0 heterocycles. The Kier molecular flexibility index (Phi) is 6.62. The first kappa shape index (κ1) is 19.0. The van der Waals surface area contributed by atoms with Crippen LogP contribution >= 0.6 is 23.2 Å². The van der Waals surface area contributed by atoms with Gasteiger partial charge < -0.3 is 10.1 Å². The molecule has 0 aliphatic rings. The quantitative estimate of drug-likeness (QED) is 0.596. The lowest BCUT2D eigenvalue weighted by Crippen LogP contribution is -2.29. The van der Waals surface area contributed by atoms with E-state index in [2.05, 4.69) is 5.32 Å². The number of nitrogens with one attached hydrogen (secondary N) is 1. The van der Waals surface area contributed by atoms with E-state index in [1.165, 1.54) is 19.1 Å². The van der Waals surface area contributed by atoms with Crippen molar-refractivity contribution >= 4 is 46.8 Å². The molecular weight excluding hydrogens is 361 g/mol. The third-order valence-electron chi connectivity index (χ3n) is 3.34. The van der Waals surface area contributed by atoms with Crippen LogP contribution in [0.1, 0.15) is 18.1 Å². The number of esters is 1. The van der Waals surface area contributed by atoms with Crippen molar-refractivity contribution in [1.29, 1.82) is 0 Å².